The Bertz CT molecular complexity index is 1120. The summed E-state index contributed by atoms with van der Waals surface area (Å²) in [6.45, 7) is 0.0291. The fourth-order valence-electron chi connectivity index (χ4n) is 4.15. The molecule has 0 spiro atoms. The van der Waals surface area contributed by atoms with E-state index in [0.717, 1.165) is 24.1 Å². The maximum atomic E-state index is 16.0. The van der Waals surface area contributed by atoms with Crippen molar-refractivity contribution in [2.75, 3.05) is 19.8 Å². The molecule has 0 aromatic heterocycles. The Hall–Kier alpha value is -2.18. The second kappa shape index (κ2) is 10.7. The molecule has 1 amide bonds. The van der Waals surface area contributed by atoms with Gasteiger partial charge in [0.2, 0.25) is 5.91 Å². The van der Waals surface area contributed by atoms with Gasteiger partial charge in [-0.1, -0.05) is 23.7 Å². The lowest BCUT2D eigenvalue weighted by atomic mass is 9.97. The number of carbonyl (C=O) groups is 3. The monoisotopic (exact) mass is 546 g/mol. The Morgan fingerprint density at radius 1 is 1.39 bits per heavy atom. The lowest BCUT2D eigenvalue weighted by Gasteiger charge is -2.33. The molecule has 0 saturated carbocycles. The molecule has 196 valence electrons. The van der Waals surface area contributed by atoms with Crippen molar-refractivity contribution in [1.82, 2.24) is 4.90 Å². The number of rotatable bonds is 7. The number of amides is 1. The van der Waals surface area contributed by atoms with Crippen molar-refractivity contribution in [3.05, 3.63) is 47.1 Å². The van der Waals surface area contributed by atoms with Crippen LogP contribution in [0.2, 0.25) is 5.02 Å². The summed E-state index contributed by atoms with van der Waals surface area (Å²) in [7, 11) is -4.13. The second-order valence-corrected chi connectivity index (χ2v) is 10.6. The van der Waals surface area contributed by atoms with Gasteiger partial charge in [-0.15, -0.1) is 0 Å². The minimum Gasteiger partial charge on any atom is -0.455 e. The van der Waals surface area contributed by atoms with Crippen molar-refractivity contribution < 1.29 is 46.4 Å². The van der Waals surface area contributed by atoms with Crippen LogP contribution in [0.3, 0.4) is 0 Å². The Kier molecular flexibility index (Phi) is 7.96. The van der Waals surface area contributed by atoms with E-state index in [0.29, 0.717) is 17.0 Å². The Morgan fingerprint density at radius 3 is 2.86 bits per heavy atom. The Labute approximate surface area is 211 Å². The van der Waals surface area contributed by atoms with E-state index in [2.05, 4.69) is 0 Å². The largest absolute Gasteiger partial charge is 0.475 e. The summed E-state index contributed by atoms with van der Waals surface area (Å²) < 4.78 is 56.4. The molecular formula is C22H25ClFN2O9P. The number of halogens is 2. The van der Waals surface area contributed by atoms with E-state index in [1.165, 1.54) is 0 Å². The van der Waals surface area contributed by atoms with E-state index in [1.54, 1.807) is 24.3 Å². The van der Waals surface area contributed by atoms with Gasteiger partial charge in [0, 0.05) is 17.6 Å². The molecule has 3 aliphatic rings. The number of alkyl halides is 1. The highest BCUT2D eigenvalue weighted by atomic mass is 35.5. The number of nitrogens with zero attached hydrogens (tertiary/aromatic N) is 1. The van der Waals surface area contributed by atoms with E-state index < -0.39 is 75.3 Å². The van der Waals surface area contributed by atoms with Gasteiger partial charge in [0.1, 0.15) is 6.10 Å². The average molecular weight is 547 g/mol. The molecule has 1 aromatic carbocycles. The zero-order valence-corrected chi connectivity index (χ0v) is 20.9. The van der Waals surface area contributed by atoms with Crippen LogP contribution in [0.5, 0.6) is 0 Å². The number of phosphoric acid groups is 1. The quantitative estimate of drug-likeness (QED) is 0.308. The van der Waals surface area contributed by atoms with Crippen LogP contribution in [0.1, 0.15) is 31.4 Å². The number of esters is 1. The van der Waals surface area contributed by atoms with Crippen LogP contribution in [0.25, 0.3) is 0 Å². The number of nitrogens with two attached hydrogens (primary N) is 1. The van der Waals surface area contributed by atoms with Crippen LogP contribution >= 0.6 is 19.4 Å². The van der Waals surface area contributed by atoms with E-state index in [-0.39, 0.29) is 6.61 Å². The predicted octanol–water partition coefficient (Wildman–Crippen LogP) is 2.58. The highest BCUT2D eigenvalue weighted by molar-refractivity contribution is 7.48. The number of hydrogen-bond acceptors (Lipinski definition) is 10. The SMILES string of the molecule is C[C@@]1(F)[C@H](OC(=O)CN)[C@@H](CO[P@@]2(=O)OCC[C@@H](c3cccc(Cl)c3)O2)O[C@H]1N1C=CC(=O)CC1=O. The number of phosphoric ester groups is 1. The lowest BCUT2D eigenvalue weighted by Crippen LogP contribution is -2.52. The molecule has 2 fully saturated rings. The number of hydrogen-bond donors (Lipinski definition) is 1. The van der Waals surface area contributed by atoms with Crippen LogP contribution in [0.15, 0.2) is 36.5 Å². The van der Waals surface area contributed by atoms with Crippen LogP contribution in [0, 0.1) is 0 Å². The summed E-state index contributed by atoms with van der Waals surface area (Å²) in [5, 5.41) is 0.471. The van der Waals surface area contributed by atoms with Crippen LogP contribution in [0.4, 0.5) is 4.39 Å². The standard InChI is InChI=1S/C22H25ClFN2O9P/c1-22(24)20(34-19(29)11-25)17(33-21(22)26-7-5-15(27)10-18(26)28)12-32-36(30)31-8-6-16(35-36)13-3-2-4-14(23)9-13/h2-5,7,9,16-17,20-21H,6,8,10-12,25H2,1H3/t16-,17+,20+,21+,22+,36+/m0/s1. The van der Waals surface area contributed by atoms with Gasteiger partial charge < -0.3 is 15.2 Å². The Balaban J connectivity index is 1.51. The first kappa shape index (κ1) is 26.9. The molecule has 1 aromatic rings. The maximum Gasteiger partial charge on any atom is 0.475 e. The van der Waals surface area contributed by atoms with Crippen LogP contribution < -0.4 is 5.73 Å². The lowest BCUT2D eigenvalue weighted by molar-refractivity contribution is -0.156. The first-order chi connectivity index (χ1) is 17.0. The maximum absolute atomic E-state index is 16.0. The second-order valence-electron chi connectivity index (χ2n) is 8.57. The van der Waals surface area contributed by atoms with Crippen LogP contribution in [-0.4, -0.2) is 66.4 Å². The number of benzene rings is 1. The van der Waals surface area contributed by atoms with Gasteiger partial charge in [0.25, 0.3) is 0 Å². The molecule has 14 heteroatoms. The molecule has 6 atom stereocenters. The molecule has 0 unspecified atom stereocenters. The number of allylic oxidation sites excluding steroid dienone is 1. The van der Waals surface area contributed by atoms with Crippen molar-refractivity contribution in [3.8, 4) is 0 Å². The Morgan fingerprint density at radius 2 is 2.17 bits per heavy atom. The molecule has 3 aliphatic heterocycles. The molecule has 0 bridgehead atoms. The van der Waals surface area contributed by atoms with E-state index in [9.17, 15) is 18.9 Å². The third-order valence-electron chi connectivity index (χ3n) is 5.90. The molecule has 11 nitrogen and oxygen atoms in total. The van der Waals surface area contributed by atoms with Gasteiger partial charge in [-0.05, 0) is 30.7 Å². The van der Waals surface area contributed by atoms with Gasteiger partial charge in [-0.2, -0.15) is 0 Å². The van der Waals surface area contributed by atoms with Crippen molar-refractivity contribution in [2.24, 2.45) is 5.73 Å². The highest BCUT2D eigenvalue weighted by Crippen LogP contribution is 2.57. The summed E-state index contributed by atoms with van der Waals surface area (Å²) in [6, 6.07) is 6.82. The summed E-state index contributed by atoms with van der Waals surface area (Å²) in [6.07, 6.45) is -2.96. The summed E-state index contributed by atoms with van der Waals surface area (Å²) in [4.78, 5) is 36.7. The van der Waals surface area contributed by atoms with E-state index in [4.69, 9.17) is 40.4 Å². The average Bonchev–Trinajstić information content (AvgIpc) is 3.07. The third kappa shape index (κ3) is 5.70. The summed E-state index contributed by atoms with van der Waals surface area (Å²) in [5.74, 6) is -2.07. The van der Waals surface area contributed by atoms with Gasteiger partial charge >= 0.3 is 13.8 Å². The minimum absolute atomic E-state index is 0.0517. The first-order valence-corrected chi connectivity index (χ1v) is 13.0. The van der Waals surface area contributed by atoms with Gasteiger partial charge in [0.05, 0.1) is 32.3 Å². The van der Waals surface area contributed by atoms with Crippen LogP contribution in [-0.2, 0) is 42.0 Å². The van der Waals surface area contributed by atoms with Gasteiger partial charge in [0.15, 0.2) is 23.8 Å². The smallest absolute Gasteiger partial charge is 0.455 e. The minimum atomic E-state index is -4.13. The number of carbonyl (C=O) groups excluding carboxylic acids is 3. The molecule has 0 aliphatic carbocycles. The van der Waals surface area contributed by atoms with Crippen molar-refractivity contribution >= 4 is 37.1 Å². The zero-order chi connectivity index (χ0) is 26.1. The number of ether oxygens (including phenoxy) is 2. The van der Waals surface area contributed by atoms with Gasteiger partial charge in [-0.3, -0.25) is 32.9 Å². The number of ketones is 1. The zero-order valence-electron chi connectivity index (χ0n) is 19.2. The molecule has 2 N–H and O–H groups in total. The first-order valence-electron chi connectivity index (χ1n) is 11.1. The molecular weight excluding hydrogens is 522 g/mol. The molecule has 2 saturated heterocycles. The van der Waals surface area contributed by atoms with Gasteiger partial charge in [-0.25, -0.2) is 8.96 Å². The highest BCUT2D eigenvalue weighted by Gasteiger charge is 2.60. The van der Waals surface area contributed by atoms with E-state index in [1.807, 2.05) is 0 Å². The fraction of sp³-hybridized carbons (Fsp3) is 0.500. The third-order valence-corrected chi connectivity index (χ3v) is 7.61. The normalized spacial score (nSPS) is 34.7. The molecule has 3 heterocycles. The molecule has 36 heavy (non-hydrogen) atoms. The molecule has 4 rings (SSSR count). The van der Waals surface area contributed by atoms with Crippen molar-refractivity contribution in [1.29, 1.82) is 0 Å². The topological polar surface area (TPSA) is 144 Å². The predicted molar refractivity (Wildman–Crippen MR) is 122 cm³/mol. The fourth-order valence-corrected chi connectivity index (χ4v) is 5.74. The van der Waals surface area contributed by atoms with Crippen molar-refractivity contribution in [2.45, 2.75) is 50.0 Å². The molecule has 0 radical (unpaired) electrons. The van der Waals surface area contributed by atoms with E-state index >= 15 is 4.39 Å². The summed E-state index contributed by atoms with van der Waals surface area (Å²) in [5.41, 5.74) is 3.55. The summed E-state index contributed by atoms with van der Waals surface area (Å²) >= 11 is 6.03. The van der Waals surface area contributed by atoms with Crippen molar-refractivity contribution in [3.63, 3.8) is 0 Å².